The predicted octanol–water partition coefficient (Wildman–Crippen LogP) is 2.05. The lowest BCUT2D eigenvalue weighted by molar-refractivity contribution is 0.466. The third-order valence-electron chi connectivity index (χ3n) is 2.16. The minimum absolute atomic E-state index is 0.107. The fourth-order valence-corrected chi connectivity index (χ4v) is 3.93. The van der Waals surface area contributed by atoms with Gasteiger partial charge >= 0.3 is 0 Å². The molecule has 0 aliphatic carbocycles. The van der Waals surface area contributed by atoms with Gasteiger partial charge in [0.25, 0.3) is 10.0 Å². The van der Waals surface area contributed by atoms with Gasteiger partial charge in [-0.1, -0.05) is 0 Å². The molecule has 0 saturated carbocycles. The summed E-state index contributed by atoms with van der Waals surface area (Å²) in [6, 6.07) is 3.35. The van der Waals surface area contributed by atoms with E-state index in [-0.39, 0.29) is 5.03 Å². The van der Waals surface area contributed by atoms with Gasteiger partial charge in [0.2, 0.25) is 0 Å². The van der Waals surface area contributed by atoms with Gasteiger partial charge in [0.15, 0.2) is 5.03 Å². The van der Waals surface area contributed by atoms with Crippen LogP contribution in [-0.2, 0) is 16.6 Å². The van der Waals surface area contributed by atoms with Gasteiger partial charge in [0, 0.05) is 28.3 Å². The van der Waals surface area contributed by atoms with E-state index in [4.69, 9.17) is 0 Å². The molecule has 0 unspecified atom stereocenters. The van der Waals surface area contributed by atoms with Crippen LogP contribution in [0.15, 0.2) is 33.2 Å². The summed E-state index contributed by atoms with van der Waals surface area (Å²) in [4.78, 5) is 0.975. The van der Waals surface area contributed by atoms with E-state index in [1.54, 1.807) is 7.05 Å². The molecule has 0 aromatic carbocycles. The number of aromatic nitrogens is 2. The molecule has 0 bridgehead atoms. The maximum atomic E-state index is 12.1. The van der Waals surface area contributed by atoms with Gasteiger partial charge < -0.3 is 0 Å². The second-order valence-electron chi connectivity index (χ2n) is 3.41. The molecule has 5 nitrogen and oxygen atoms in total. The zero-order valence-electron chi connectivity index (χ0n) is 8.92. The van der Waals surface area contributed by atoms with Crippen molar-refractivity contribution in [3.05, 3.63) is 33.1 Å². The highest BCUT2D eigenvalue weighted by molar-refractivity contribution is 9.10. The Kier molecular flexibility index (Phi) is 3.67. The number of hydrogen-bond donors (Lipinski definition) is 1. The summed E-state index contributed by atoms with van der Waals surface area (Å²) in [7, 11) is -1.93. The number of nitrogens with zero attached hydrogens (tertiary/aromatic N) is 2. The molecule has 17 heavy (non-hydrogen) atoms. The third-order valence-corrected chi connectivity index (χ3v) is 5.58. The molecule has 0 spiro atoms. The third kappa shape index (κ3) is 2.76. The van der Waals surface area contributed by atoms with Gasteiger partial charge in [-0.3, -0.25) is 5.10 Å². The Hall–Kier alpha value is -0.700. The molecule has 92 valence electrons. The lowest BCUT2D eigenvalue weighted by Gasteiger charge is -2.14. The van der Waals surface area contributed by atoms with Crippen molar-refractivity contribution in [3.8, 4) is 0 Å². The standard InChI is InChI=1S/C9H10BrN3O2S2/c1-13(5-8-4-7(10)6-16-8)17(14,15)9-2-3-11-12-9/h2-4,6H,5H2,1H3,(H,11,12). The lowest BCUT2D eigenvalue weighted by Crippen LogP contribution is -2.26. The van der Waals surface area contributed by atoms with Gasteiger partial charge in [0.1, 0.15) is 0 Å². The van der Waals surface area contributed by atoms with E-state index >= 15 is 0 Å². The van der Waals surface area contributed by atoms with E-state index < -0.39 is 10.0 Å². The largest absolute Gasteiger partial charge is 0.266 e. The summed E-state index contributed by atoms with van der Waals surface area (Å²) < 4.78 is 26.4. The first-order chi connectivity index (χ1) is 8.00. The Morgan fingerprint density at radius 3 is 2.88 bits per heavy atom. The first-order valence-corrected chi connectivity index (χ1v) is 7.80. The normalized spacial score (nSPS) is 12.2. The van der Waals surface area contributed by atoms with Crippen molar-refractivity contribution in [1.82, 2.24) is 14.5 Å². The first kappa shape index (κ1) is 12.7. The minimum Gasteiger partial charge on any atom is -0.266 e. The zero-order chi connectivity index (χ0) is 12.5. The molecule has 0 aliphatic heterocycles. The van der Waals surface area contributed by atoms with Crippen LogP contribution < -0.4 is 0 Å². The monoisotopic (exact) mass is 335 g/mol. The Bertz CT molecular complexity index is 592. The SMILES string of the molecule is CN(Cc1cc(Br)cs1)S(=O)(=O)c1ccn[nH]1. The highest BCUT2D eigenvalue weighted by Crippen LogP contribution is 2.22. The number of hydrogen-bond acceptors (Lipinski definition) is 4. The van der Waals surface area contributed by atoms with Crippen molar-refractivity contribution in [2.24, 2.45) is 0 Å². The van der Waals surface area contributed by atoms with Gasteiger partial charge in [-0.25, -0.2) is 8.42 Å². The highest BCUT2D eigenvalue weighted by Gasteiger charge is 2.22. The molecule has 0 fully saturated rings. The van der Waals surface area contributed by atoms with Crippen molar-refractivity contribution in [2.75, 3.05) is 7.05 Å². The van der Waals surface area contributed by atoms with Crippen LogP contribution in [0.1, 0.15) is 4.88 Å². The average molecular weight is 336 g/mol. The summed E-state index contributed by atoms with van der Waals surface area (Å²) in [6.07, 6.45) is 1.42. The van der Waals surface area contributed by atoms with E-state index in [1.807, 2.05) is 11.4 Å². The number of aromatic amines is 1. The molecule has 0 amide bonds. The second kappa shape index (κ2) is 4.89. The van der Waals surface area contributed by atoms with Crippen LogP contribution in [0.25, 0.3) is 0 Å². The fourth-order valence-electron chi connectivity index (χ4n) is 1.30. The Morgan fingerprint density at radius 1 is 1.59 bits per heavy atom. The van der Waals surface area contributed by atoms with Crippen LogP contribution in [-0.4, -0.2) is 30.0 Å². The smallest absolute Gasteiger partial charge is 0.260 e. The molecular weight excluding hydrogens is 326 g/mol. The molecular formula is C9H10BrN3O2S2. The zero-order valence-corrected chi connectivity index (χ0v) is 12.1. The highest BCUT2D eigenvalue weighted by atomic mass is 79.9. The summed E-state index contributed by atoms with van der Waals surface area (Å²) >= 11 is 4.85. The molecule has 2 aromatic rings. The average Bonchev–Trinajstić information content (AvgIpc) is 2.89. The van der Waals surface area contributed by atoms with Crippen LogP contribution in [0, 0.1) is 0 Å². The van der Waals surface area contributed by atoms with E-state index in [0.29, 0.717) is 6.54 Å². The number of rotatable bonds is 4. The van der Waals surface area contributed by atoms with Crippen LogP contribution >= 0.6 is 27.3 Å². The van der Waals surface area contributed by atoms with Crippen molar-refractivity contribution in [1.29, 1.82) is 0 Å². The molecule has 2 rings (SSSR count). The van der Waals surface area contributed by atoms with Crippen LogP contribution in [0.4, 0.5) is 0 Å². The Balaban J connectivity index is 2.18. The molecule has 0 radical (unpaired) electrons. The van der Waals surface area contributed by atoms with Crippen molar-refractivity contribution < 1.29 is 8.42 Å². The van der Waals surface area contributed by atoms with Crippen LogP contribution in [0.2, 0.25) is 0 Å². The van der Waals surface area contributed by atoms with Crippen molar-refractivity contribution in [3.63, 3.8) is 0 Å². The van der Waals surface area contributed by atoms with Gasteiger partial charge in [-0.15, -0.1) is 11.3 Å². The van der Waals surface area contributed by atoms with E-state index in [1.165, 1.54) is 27.9 Å². The summed E-state index contributed by atoms with van der Waals surface area (Å²) in [5, 5.41) is 8.14. The number of thiophene rings is 1. The predicted molar refractivity (Wildman–Crippen MR) is 69.3 cm³/mol. The number of halogens is 1. The first-order valence-electron chi connectivity index (χ1n) is 4.69. The van der Waals surface area contributed by atoms with E-state index in [0.717, 1.165) is 9.35 Å². The molecule has 1 N–H and O–H groups in total. The van der Waals surface area contributed by atoms with Crippen molar-refractivity contribution in [2.45, 2.75) is 11.6 Å². The summed E-state index contributed by atoms with van der Waals surface area (Å²) in [6.45, 7) is 0.345. The fraction of sp³-hybridized carbons (Fsp3) is 0.222. The molecule has 0 atom stereocenters. The maximum Gasteiger partial charge on any atom is 0.260 e. The Morgan fingerprint density at radius 2 is 2.35 bits per heavy atom. The molecule has 8 heteroatoms. The molecule has 2 heterocycles. The lowest BCUT2D eigenvalue weighted by atomic mass is 10.5. The van der Waals surface area contributed by atoms with Gasteiger partial charge in [-0.05, 0) is 28.1 Å². The quantitative estimate of drug-likeness (QED) is 0.929. The minimum atomic E-state index is -3.48. The molecule has 0 saturated heterocycles. The number of H-pyrrole nitrogens is 1. The second-order valence-corrected chi connectivity index (χ2v) is 7.34. The Labute approximate surface area is 112 Å². The van der Waals surface area contributed by atoms with Crippen molar-refractivity contribution >= 4 is 37.3 Å². The number of sulfonamides is 1. The topological polar surface area (TPSA) is 66.1 Å². The molecule has 2 aromatic heterocycles. The maximum absolute atomic E-state index is 12.1. The summed E-state index contributed by atoms with van der Waals surface area (Å²) in [5.41, 5.74) is 0. The summed E-state index contributed by atoms with van der Waals surface area (Å²) in [5.74, 6) is 0. The number of nitrogens with one attached hydrogen (secondary N) is 1. The van der Waals surface area contributed by atoms with Crippen LogP contribution in [0.5, 0.6) is 0 Å². The van der Waals surface area contributed by atoms with E-state index in [2.05, 4.69) is 26.1 Å². The van der Waals surface area contributed by atoms with Crippen LogP contribution in [0.3, 0.4) is 0 Å². The van der Waals surface area contributed by atoms with E-state index in [9.17, 15) is 8.42 Å². The molecule has 0 aliphatic rings. The van der Waals surface area contributed by atoms with Gasteiger partial charge in [0.05, 0.1) is 6.20 Å². The van der Waals surface area contributed by atoms with Gasteiger partial charge in [-0.2, -0.15) is 9.40 Å².